The van der Waals surface area contributed by atoms with Crippen LogP contribution in [0.1, 0.15) is 24.0 Å². The molecular formula is C18H19F3N2O2. The first-order chi connectivity index (χ1) is 11.9. The summed E-state index contributed by atoms with van der Waals surface area (Å²) in [7, 11) is 0. The van der Waals surface area contributed by atoms with Crippen LogP contribution in [0.25, 0.3) is 0 Å². The fraction of sp³-hybridized carbons (Fsp3) is 0.278. The lowest BCUT2D eigenvalue weighted by Crippen LogP contribution is -2.23. The molecule has 0 bridgehead atoms. The van der Waals surface area contributed by atoms with E-state index in [0.29, 0.717) is 37.4 Å². The van der Waals surface area contributed by atoms with Crippen LogP contribution in [0.5, 0.6) is 11.5 Å². The van der Waals surface area contributed by atoms with Crippen molar-refractivity contribution >= 4 is 5.91 Å². The Kier molecular flexibility index (Phi) is 6.41. The van der Waals surface area contributed by atoms with Gasteiger partial charge in [-0.05, 0) is 54.9 Å². The minimum Gasteiger partial charge on any atom is -0.457 e. The van der Waals surface area contributed by atoms with E-state index in [-0.39, 0.29) is 5.91 Å². The van der Waals surface area contributed by atoms with E-state index in [0.717, 1.165) is 17.7 Å². The second kappa shape index (κ2) is 8.53. The Labute approximate surface area is 143 Å². The van der Waals surface area contributed by atoms with Gasteiger partial charge in [-0.1, -0.05) is 12.1 Å². The first-order valence-corrected chi connectivity index (χ1v) is 7.79. The molecule has 25 heavy (non-hydrogen) atoms. The van der Waals surface area contributed by atoms with Crippen LogP contribution in [0, 0.1) is 0 Å². The quantitative estimate of drug-likeness (QED) is 0.795. The summed E-state index contributed by atoms with van der Waals surface area (Å²) < 4.78 is 43.0. The molecule has 3 N–H and O–H groups in total. The van der Waals surface area contributed by atoms with E-state index in [9.17, 15) is 18.0 Å². The average molecular weight is 352 g/mol. The molecule has 4 nitrogen and oxygen atoms in total. The van der Waals surface area contributed by atoms with Gasteiger partial charge >= 0.3 is 6.18 Å². The average Bonchev–Trinajstić information content (AvgIpc) is 2.59. The minimum atomic E-state index is -4.37. The number of hydrogen-bond donors (Lipinski definition) is 2. The van der Waals surface area contributed by atoms with Crippen LogP contribution in [-0.2, 0) is 17.5 Å². The number of carbonyl (C=O) groups excluding carboxylic acids is 1. The Morgan fingerprint density at radius 1 is 1.00 bits per heavy atom. The molecule has 2 rings (SSSR count). The number of ether oxygens (including phenoxy) is 1. The van der Waals surface area contributed by atoms with Crippen LogP contribution in [-0.4, -0.2) is 12.5 Å². The lowest BCUT2D eigenvalue weighted by atomic mass is 10.2. The van der Waals surface area contributed by atoms with Gasteiger partial charge in [-0.2, -0.15) is 13.2 Å². The van der Waals surface area contributed by atoms with Crippen molar-refractivity contribution in [1.82, 2.24) is 5.32 Å². The van der Waals surface area contributed by atoms with E-state index < -0.39 is 11.7 Å². The fourth-order valence-corrected chi connectivity index (χ4v) is 2.08. The SMILES string of the molecule is NCCCC(=O)NCc1ccc(Oc2ccc(C(F)(F)F)cc2)cc1. The Bertz CT molecular complexity index is 683. The molecule has 0 aliphatic carbocycles. The first kappa shape index (κ1) is 18.8. The van der Waals surface area contributed by atoms with Gasteiger partial charge in [0.2, 0.25) is 5.91 Å². The van der Waals surface area contributed by atoms with Gasteiger partial charge in [-0.15, -0.1) is 0 Å². The smallest absolute Gasteiger partial charge is 0.416 e. The molecule has 0 saturated heterocycles. The number of amides is 1. The largest absolute Gasteiger partial charge is 0.457 e. The van der Waals surface area contributed by atoms with Crippen molar-refractivity contribution in [3.05, 3.63) is 59.7 Å². The van der Waals surface area contributed by atoms with Gasteiger partial charge in [0.15, 0.2) is 0 Å². The number of nitrogens with one attached hydrogen (secondary N) is 1. The summed E-state index contributed by atoms with van der Waals surface area (Å²) >= 11 is 0. The Morgan fingerprint density at radius 2 is 1.56 bits per heavy atom. The lowest BCUT2D eigenvalue weighted by Gasteiger charge is -2.10. The molecule has 0 aliphatic heterocycles. The van der Waals surface area contributed by atoms with Crippen LogP contribution in [0.15, 0.2) is 48.5 Å². The number of alkyl halides is 3. The van der Waals surface area contributed by atoms with Crippen LogP contribution in [0.4, 0.5) is 13.2 Å². The number of rotatable bonds is 7. The van der Waals surface area contributed by atoms with Gasteiger partial charge in [0.1, 0.15) is 11.5 Å². The summed E-state index contributed by atoms with van der Waals surface area (Å²) in [6, 6.07) is 11.4. The van der Waals surface area contributed by atoms with Crippen LogP contribution in [0.3, 0.4) is 0 Å². The van der Waals surface area contributed by atoms with Crippen molar-refractivity contribution in [2.45, 2.75) is 25.6 Å². The number of benzene rings is 2. The number of carbonyl (C=O) groups is 1. The fourth-order valence-electron chi connectivity index (χ4n) is 2.08. The Hall–Kier alpha value is -2.54. The van der Waals surface area contributed by atoms with E-state index >= 15 is 0 Å². The normalized spacial score (nSPS) is 11.2. The predicted molar refractivity (Wildman–Crippen MR) is 88.1 cm³/mol. The zero-order valence-corrected chi connectivity index (χ0v) is 13.5. The Balaban J connectivity index is 1.88. The minimum absolute atomic E-state index is 0.0597. The van der Waals surface area contributed by atoms with Gasteiger partial charge in [0.05, 0.1) is 5.56 Å². The summed E-state index contributed by atoms with van der Waals surface area (Å²) in [5, 5.41) is 2.78. The van der Waals surface area contributed by atoms with Crippen molar-refractivity contribution in [3.63, 3.8) is 0 Å². The monoisotopic (exact) mass is 352 g/mol. The molecule has 0 atom stereocenters. The zero-order chi connectivity index (χ0) is 18.3. The van der Waals surface area contributed by atoms with Crippen molar-refractivity contribution in [1.29, 1.82) is 0 Å². The van der Waals surface area contributed by atoms with Gasteiger partial charge < -0.3 is 15.8 Å². The highest BCUT2D eigenvalue weighted by molar-refractivity contribution is 5.75. The van der Waals surface area contributed by atoms with Crippen molar-refractivity contribution in [3.8, 4) is 11.5 Å². The molecule has 7 heteroatoms. The van der Waals surface area contributed by atoms with Crippen molar-refractivity contribution in [2.24, 2.45) is 5.73 Å². The van der Waals surface area contributed by atoms with Gasteiger partial charge in [0.25, 0.3) is 0 Å². The van der Waals surface area contributed by atoms with Gasteiger partial charge in [-0.3, -0.25) is 4.79 Å². The zero-order valence-electron chi connectivity index (χ0n) is 13.5. The highest BCUT2D eigenvalue weighted by Gasteiger charge is 2.30. The third-order valence-corrected chi connectivity index (χ3v) is 3.44. The van der Waals surface area contributed by atoms with E-state index in [1.165, 1.54) is 12.1 Å². The topological polar surface area (TPSA) is 64.4 Å². The summed E-state index contributed by atoms with van der Waals surface area (Å²) in [6.07, 6.45) is -3.33. The molecule has 0 unspecified atom stereocenters. The summed E-state index contributed by atoms with van der Waals surface area (Å²) in [4.78, 5) is 11.5. The number of nitrogens with two attached hydrogens (primary N) is 1. The van der Waals surface area contributed by atoms with Crippen molar-refractivity contribution < 1.29 is 22.7 Å². The summed E-state index contributed by atoms with van der Waals surface area (Å²) in [5.74, 6) is 0.754. The predicted octanol–water partition coefficient (Wildman–Crippen LogP) is 3.85. The second-order valence-electron chi connectivity index (χ2n) is 5.44. The maximum Gasteiger partial charge on any atom is 0.416 e. The summed E-state index contributed by atoms with van der Waals surface area (Å²) in [6.45, 7) is 0.868. The third kappa shape index (κ3) is 6.11. The van der Waals surface area contributed by atoms with E-state index in [1.807, 2.05) is 0 Å². The number of halogens is 3. The molecule has 134 valence electrons. The lowest BCUT2D eigenvalue weighted by molar-refractivity contribution is -0.137. The Morgan fingerprint density at radius 3 is 2.08 bits per heavy atom. The van der Waals surface area contributed by atoms with Gasteiger partial charge in [-0.25, -0.2) is 0 Å². The molecule has 0 saturated carbocycles. The van der Waals surface area contributed by atoms with Crippen LogP contribution in [0.2, 0.25) is 0 Å². The maximum atomic E-state index is 12.5. The molecular weight excluding hydrogens is 333 g/mol. The third-order valence-electron chi connectivity index (χ3n) is 3.44. The standard InChI is InChI=1S/C18H19F3N2O2/c19-18(20,21)14-5-9-16(10-6-14)25-15-7-3-13(4-8-15)12-23-17(24)2-1-11-22/h3-10H,1-2,11-12,22H2,(H,23,24). The molecule has 0 aliphatic rings. The molecule has 2 aromatic carbocycles. The molecule has 0 radical (unpaired) electrons. The molecule has 0 spiro atoms. The maximum absolute atomic E-state index is 12.5. The second-order valence-corrected chi connectivity index (χ2v) is 5.44. The highest BCUT2D eigenvalue weighted by atomic mass is 19.4. The molecule has 2 aromatic rings. The molecule has 1 amide bonds. The first-order valence-electron chi connectivity index (χ1n) is 7.79. The van der Waals surface area contributed by atoms with E-state index in [2.05, 4.69) is 5.32 Å². The molecule has 0 fully saturated rings. The van der Waals surface area contributed by atoms with E-state index in [1.54, 1.807) is 24.3 Å². The van der Waals surface area contributed by atoms with Crippen molar-refractivity contribution in [2.75, 3.05) is 6.54 Å². The van der Waals surface area contributed by atoms with Crippen LogP contribution < -0.4 is 15.8 Å². The van der Waals surface area contributed by atoms with Crippen LogP contribution >= 0.6 is 0 Å². The van der Waals surface area contributed by atoms with E-state index in [4.69, 9.17) is 10.5 Å². The summed E-state index contributed by atoms with van der Waals surface area (Å²) in [5.41, 5.74) is 5.51. The highest BCUT2D eigenvalue weighted by Crippen LogP contribution is 2.31. The van der Waals surface area contributed by atoms with Gasteiger partial charge in [0, 0.05) is 13.0 Å². The molecule has 0 heterocycles. The number of hydrogen-bond acceptors (Lipinski definition) is 3. The molecule has 0 aromatic heterocycles.